The summed E-state index contributed by atoms with van der Waals surface area (Å²) in [5, 5.41) is 53.0. The maximum atomic E-state index is 15.3. The van der Waals surface area contributed by atoms with E-state index < -0.39 is 156 Å². The summed E-state index contributed by atoms with van der Waals surface area (Å²) in [5.74, 6) is -12.4. The largest absolute Gasteiger partial charge is 0.488 e. The van der Waals surface area contributed by atoms with Crippen molar-refractivity contribution in [3.05, 3.63) is 65.7 Å². The minimum atomic E-state index is -1.98. The number of ether oxygens (including phenoxy) is 3. The van der Waals surface area contributed by atoms with Gasteiger partial charge in [-0.15, -0.1) is 0 Å². The Kier molecular flexibility index (Phi) is 25.9. The van der Waals surface area contributed by atoms with Gasteiger partial charge in [0.05, 0.1) is 24.0 Å². The average Bonchev–Trinajstić information content (AvgIpc) is 3.50. The summed E-state index contributed by atoms with van der Waals surface area (Å²) in [6.07, 6.45) is -2.22. The lowest BCUT2D eigenvalue weighted by molar-refractivity contribution is -0.160. The van der Waals surface area contributed by atoms with Crippen molar-refractivity contribution in [1.29, 1.82) is 0 Å². The van der Waals surface area contributed by atoms with Gasteiger partial charge in [0.15, 0.2) is 6.04 Å². The number of benzene rings is 2. The fraction of sp³-hybridized carbons (Fsp3) is 0.632. The number of hydrogen-bond acceptors (Lipinski definition) is 17. The fourth-order valence-electron chi connectivity index (χ4n) is 9.39. The number of hydrogen-bond donors (Lipinski definition) is 11. The minimum absolute atomic E-state index is 0.149. The van der Waals surface area contributed by atoms with Crippen LogP contribution in [0.15, 0.2) is 54.6 Å². The lowest BCUT2D eigenvalue weighted by atomic mass is 9.83. The van der Waals surface area contributed by atoms with E-state index in [1.165, 1.54) is 59.0 Å². The van der Waals surface area contributed by atoms with E-state index in [4.69, 9.17) is 19.9 Å². The van der Waals surface area contributed by atoms with Crippen LogP contribution in [0.2, 0.25) is 0 Å². The molecule has 81 heavy (non-hydrogen) atoms. The van der Waals surface area contributed by atoms with E-state index in [0.717, 1.165) is 30.6 Å². The van der Waals surface area contributed by atoms with Crippen LogP contribution >= 0.6 is 0 Å². The molecule has 7 amide bonds. The second kappa shape index (κ2) is 31.5. The zero-order valence-electron chi connectivity index (χ0n) is 48.3. The first-order valence-electron chi connectivity index (χ1n) is 28.0. The Labute approximate surface area is 474 Å². The predicted octanol–water partition coefficient (Wildman–Crippen LogP) is -0.206. The summed E-state index contributed by atoms with van der Waals surface area (Å²) in [5.41, 5.74) is 4.41. The molecule has 2 aromatic carbocycles. The van der Waals surface area contributed by atoms with E-state index in [1.807, 2.05) is 0 Å². The highest BCUT2D eigenvalue weighted by Gasteiger charge is 2.46. The van der Waals surface area contributed by atoms with Crippen LogP contribution in [0.5, 0.6) is 5.75 Å². The first-order valence-corrected chi connectivity index (χ1v) is 28.0. The molecule has 4 bridgehead atoms. The lowest BCUT2D eigenvalue weighted by Crippen LogP contribution is -2.61. The number of carbonyl (C=O) groups excluding carboxylic acids is 9. The van der Waals surface area contributed by atoms with Gasteiger partial charge in [0.1, 0.15) is 66.9 Å². The highest BCUT2D eigenvalue weighted by molar-refractivity contribution is 5.98. The zero-order chi connectivity index (χ0) is 60.3. The number of carbonyl (C=O) groups is 9. The standard InChI is InChI=1S/C57H87N9O15/c1-11-32(4)44-52(73)65-47-39-21-23-40(24-22-39)81-37(9)57(78,30-59-26-18-13-12-17-25-58)34(6)50(71)60-28-43(68)79-29-41(56(77)80-36(8)46(54(75)62-44)64-49(70)33(5)48(69)31(2)3)61-53(74)45(35(7)67)63-51(72)42(66(10)55(47)76)27-38-19-15-14-16-20-38/h14-16,19-24,31-37,41-42,44-48,59,67,69,78H,11-13,17-18,25-30,58H2,1-10H3,(H,60,71)(H,61,74)(H,62,75)(H,63,72)(H,64,70)(H,65,73)/t32-,33+,34?,35+,36+,37+,41-,42-,44?,45+,46-,47-,48+,57+/m0/s1. The summed E-state index contributed by atoms with van der Waals surface area (Å²) in [7, 11) is 1.31. The number of aliphatic hydroxyl groups excluding tert-OH is 2. The third-order valence-electron chi connectivity index (χ3n) is 15.2. The molecule has 450 valence electrons. The molecule has 0 aliphatic carbocycles. The molecule has 1 fully saturated rings. The summed E-state index contributed by atoms with van der Waals surface area (Å²) >= 11 is 0. The van der Waals surface area contributed by atoms with Crippen LogP contribution in [0.25, 0.3) is 0 Å². The SMILES string of the molecule is CC[C@H](C)C1NC(=O)[C@@H](NC(=O)[C@H](C)[C@H](O)C(C)C)[C@@H](C)OC(=O)[C@@H]2COC(=O)CNC(=O)C(C)[C@](O)(CNCCCCCCN)[C@@H](C)Oc3ccc(cc3)[C@H](NC1=O)C(=O)N(C)[C@@H](Cc1ccccc1)C(=O)N[C@H]([C@@H](C)O)C(=O)N2. The van der Waals surface area contributed by atoms with Crippen molar-refractivity contribution in [1.82, 2.24) is 42.1 Å². The molecule has 3 heterocycles. The van der Waals surface area contributed by atoms with E-state index in [9.17, 15) is 53.7 Å². The van der Waals surface area contributed by atoms with E-state index in [0.29, 0.717) is 18.7 Å². The maximum Gasteiger partial charge on any atom is 0.332 e. The molecule has 1 saturated heterocycles. The summed E-state index contributed by atoms with van der Waals surface area (Å²) in [6.45, 7) is 12.6. The van der Waals surface area contributed by atoms with Crippen molar-refractivity contribution in [3.63, 3.8) is 0 Å². The third-order valence-corrected chi connectivity index (χ3v) is 15.2. The van der Waals surface area contributed by atoms with Crippen LogP contribution in [-0.4, -0.2) is 174 Å². The number of aliphatic hydroxyl groups is 3. The monoisotopic (exact) mass is 1140 g/mol. The Morgan fingerprint density at radius 2 is 1.42 bits per heavy atom. The van der Waals surface area contributed by atoms with Gasteiger partial charge in [0.25, 0.3) is 0 Å². The molecular formula is C57H87N9O15. The van der Waals surface area contributed by atoms with Gasteiger partial charge < -0.3 is 77.4 Å². The summed E-state index contributed by atoms with van der Waals surface area (Å²) < 4.78 is 17.6. The van der Waals surface area contributed by atoms with Gasteiger partial charge in [0, 0.05) is 20.0 Å². The van der Waals surface area contributed by atoms with Gasteiger partial charge in [-0.1, -0.05) is 103 Å². The molecule has 0 spiro atoms. The second-order valence-corrected chi connectivity index (χ2v) is 21.7. The van der Waals surface area contributed by atoms with Crippen molar-refractivity contribution in [2.45, 2.75) is 167 Å². The van der Waals surface area contributed by atoms with Gasteiger partial charge in [0.2, 0.25) is 41.4 Å². The molecule has 0 saturated carbocycles. The number of esters is 2. The van der Waals surface area contributed by atoms with E-state index in [1.54, 1.807) is 65.0 Å². The minimum Gasteiger partial charge on any atom is -0.488 e. The number of likely N-dealkylation sites (N-methyl/N-ethyl adjacent to an activating group) is 1. The summed E-state index contributed by atoms with van der Waals surface area (Å²) in [4.78, 5) is 131. The van der Waals surface area contributed by atoms with Crippen LogP contribution in [0.3, 0.4) is 0 Å². The third kappa shape index (κ3) is 18.6. The number of unbranched alkanes of at least 4 members (excludes halogenated alkanes) is 3. The van der Waals surface area contributed by atoms with Gasteiger partial charge in [-0.05, 0) is 81.8 Å². The average molecular weight is 1140 g/mol. The van der Waals surface area contributed by atoms with E-state index in [2.05, 4.69) is 37.2 Å². The topological polar surface area (TPSA) is 355 Å². The number of nitrogens with zero attached hydrogens (tertiary/aromatic N) is 1. The highest BCUT2D eigenvalue weighted by atomic mass is 16.6. The lowest BCUT2D eigenvalue weighted by Gasteiger charge is -2.38. The van der Waals surface area contributed by atoms with Gasteiger partial charge >= 0.3 is 11.9 Å². The Balaban J connectivity index is 2.01. The normalized spacial score (nSPS) is 27.6. The molecular weight excluding hydrogens is 1050 g/mol. The Morgan fingerprint density at radius 1 is 0.790 bits per heavy atom. The van der Waals surface area contributed by atoms with Crippen LogP contribution in [0, 0.1) is 23.7 Å². The Bertz CT molecular complexity index is 2450. The molecule has 5 rings (SSSR count). The van der Waals surface area contributed by atoms with Crippen molar-refractivity contribution in [2.24, 2.45) is 29.4 Å². The number of nitrogens with two attached hydrogens (primary N) is 1. The first kappa shape index (κ1) is 66.8. The smallest absolute Gasteiger partial charge is 0.332 e. The van der Waals surface area contributed by atoms with Crippen molar-refractivity contribution in [3.8, 4) is 5.75 Å². The molecule has 0 aromatic heterocycles. The Morgan fingerprint density at radius 3 is 2.04 bits per heavy atom. The van der Waals surface area contributed by atoms with Gasteiger partial charge in [-0.3, -0.25) is 38.4 Å². The molecule has 0 radical (unpaired) electrons. The first-order chi connectivity index (χ1) is 38.2. The molecule has 2 unspecified atom stereocenters. The van der Waals surface area contributed by atoms with Crippen LogP contribution < -0.4 is 47.7 Å². The molecule has 24 heteroatoms. The zero-order valence-corrected chi connectivity index (χ0v) is 48.3. The van der Waals surface area contributed by atoms with E-state index >= 15 is 4.79 Å². The van der Waals surface area contributed by atoms with Gasteiger partial charge in [-0.2, -0.15) is 0 Å². The fourth-order valence-corrected chi connectivity index (χ4v) is 9.39. The molecule has 3 aliphatic rings. The Hall–Kier alpha value is -6.73. The summed E-state index contributed by atoms with van der Waals surface area (Å²) in [6, 6.07) is 4.23. The van der Waals surface area contributed by atoms with Crippen LogP contribution in [0.1, 0.15) is 112 Å². The molecule has 12 N–H and O–H groups in total. The number of fused-ring (bicyclic) bond motifs is 11. The number of cyclic esters (lactones) is 1. The van der Waals surface area contributed by atoms with Gasteiger partial charge in [-0.25, -0.2) is 4.79 Å². The van der Waals surface area contributed by atoms with E-state index in [-0.39, 0.29) is 30.7 Å². The van der Waals surface area contributed by atoms with Crippen LogP contribution in [0.4, 0.5) is 0 Å². The number of rotatable bonds is 17. The predicted molar refractivity (Wildman–Crippen MR) is 297 cm³/mol. The van der Waals surface area contributed by atoms with Crippen molar-refractivity contribution >= 4 is 53.3 Å². The quantitative estimate of drug-likeness (QED) is 0.0721. The van der Waals surface area contributed by atoms with Crippen molar-refractivity contribution in [2.75, 3.05) is 39.8 Å². The molecule has 14 atom stereocenters. The maximum absolute atomic E-state index is 15.3. The molecule has 3 aliphatic heterocycles. The number of nitrogens with one attached hydrogen (secondary N) is 7. The highest BCUT2D eigenvalue weighted by Crippen LogP contribution is 2.29. The van der Waals surface area contributed by atoms with Crippen molar-refractivity contribution < 1.29 is 72.7 Å². The molecule has 2 aromatic rings. The second-order valence-electron chi connectivity index (χ2n) is 21.7. The molecule has 24 nitrogen and oxygen atoms in total. The van der Waals surface area contributed by atoms with Crippen LogP contribution in [-0.2, 0) is 59.0 Å². The number of amides is 7.